The lowest BCUT2D eigenvalue weighted by Crippen LogP contribution is -2.03. The lowest BCUT2D eigenvalue weighted by molar-refractivity contribution is -0.115. The summed E-state index contributed by atoms with van der Waals surface area (Å²) in [7, 11) is 0. The third-order valence-corrected chi connectivity index (χ3v) is 3.54. The molecule has 0 heterocycles. The Balaban J connectivity index is 2.13. The van der Waals surface area contributed by atoms with Gasteiger partial charge in [0.05, 0.1) is 0 Å². The van der Waals surface area contributed by atoms with Crippen LogP contribution in [0.1, 0.15) is 37.7 Å². The molecule has 18 heavy (non-hydrogen) atoms. The Morgan fingerprint density at radius 2 is 2.00 bits per heavy atom. The van der Waals surface area contributed by atoms with Crippen molar-refractivity contribution in [2.24, 2.45) is 0 Å². The number of carbonyl (C=O) groups excluding carboxylic acids is 1. The van der Waals surface area contributed by atoms with Gasteiger partial charge in [-0.05, 0) is 43.9 Å². The summed E-state index contributed by atoms with van der Waals surface area (Å²) >= 11 is 5.97. The van der Waals surface area contributed by atoms with Crippen LogP contribution in [0, 0.1) is 6.92 Å². The Kier molecular flexibility index (Phi) is 4.43. The van der Waals surface area contributed by atoms with Gasteiger partial charge in [-0.1, -0.05) is 24.1 Å². The highest BCUT2D eigenvalue weighted by molar-refractivity contribution is 6.30. The van der Waals surface area contributed by atoms with Crippen molar-refractivity contribution >= 4 is 23.1 Å². The van der Waals surface area contributed by atoms with Crippen molar-refractivity contribution in [3.63, 3.8) is 0 Å². The van der Waals surface area contributed by atoms with Crippen LogP contribution in [-0.2, 0) is 4.79 Å². The maximum absolute atomic E-state index is 11.9. The van der Waals surface area contributed by atoms with Crippen molar-refractivity contribution < 1.29 is 4.79 Å². The van der Waals surface area contributed by atoms with Crippen LogP contribution in [0.4, 0.5) is 5.69 Å². The van der Waals surface area contributed by atoms with E-state index < -0.39 is 0 Å². The van der Waals surface area contributed by atoms with E-state index in [0.29, 0.717) is 11.4 Å². The minimum absolute atomic E-state index is 0.277. The van der Waals surface area contributed by atoms with E-state index in [4.69, 9.17) is 11.6 Å². The van der Waals surface area contributed by atoms with E-state index in [1.165, 1.54) is 0 Å². The average molecular weight is 264 g/mol. The minimum Gasteiger partial charge on any atom is -0.361 e. The maximum Gasteiger partial charge on any atom is 0.160 e. The first kappa shape index (κ1) is 13.2. The largest absolute Gasteiger partial charge is 0.361 e. The van der Waals surface area contributed by atoms with Gasteiger partial charge in [0.15, 0.2) is 5.78 Å². The third kappa shape index (κ3) is 3.36. The number of benzene rings is 1. The fourth-order valence-corrected chi connectivity index (χ4v) is 2.32. The monoisotopic (exact) mass is 263 g/mol. The van der Waals surface area contributed by atoms with Crippen LogP contribution in [0.25, 0.3) is 0 Å². The Morgan fingerprint density at radius 3 is 2.83 bits per heavy atom. The summed E-state index contributed by atoms with van der Waals surface area (Å²) in [5.74, 6) is 0.277. The molecule has 2 nitrogen and oxygen atoms in total. The van der Waals surface area contributed by atoms with E-state index in [9.17, 15) is 4.79 Å². The Labute approximate surface area is 113 Å². The number of rotatable bonds is 2. The topological polar surface area (TPSA) is 29.1 Å². The van der Waals surface area contributed by atoms with Crippen molar-refractivity contribution in [3.05, 3.63) is 40.6 Å². The number of carbonyl (C=O) groups is 1. The molecule has 0 saturated heterocycles. The molecule has 1 saturated carbocycles. The normalized spacial score (nSPS) is 18.8. The molecule has 0 unspecified atom stereocenters. The molecule has 96 valence electrons. The fraction of sp³-hybridized carbons (Fsp3) is 0.400. The van der Waals surface area contributed by atoms with Crippen LogP contribution < -0.4 is 5.32 Å². The molecule has 0 bridgehead atoms. The summed E-state index contributed by atoms with van der Waals surface area (Å²) in [5.41, 5.74) is 3.00. The zero-order chi connectivity index (χ0) is 13.0. The molecular formula is C15H18ClNO. The minimum atomic E-state index is 0.277. The summed E-state index contributed by atoms with van der Waals surface area (Å²) in [5, 5.41) is 3.92. The molecule has 0 aliphatic heterocycles. The predicted molar refractivity (Wildman–Crippen MR) is 76.0 cm³/mol. The van der Waals surface area contributed by atoms with Crippen LogP contribution in [0.2, 0.25) is 5.02 Å². The second-order valence-corrected chi connectivity index (χ2v) is 5.19. The summed E-state index contributed by atoms with van der Waals surface area (Å²) in [4.78, 5) is 11.9. The lowest BCUT2D eigenvalue weighted by atomic mass is 10.1. The van der Waals surface area contributed by atoms with Gasteiger partial charge in [0.25, 0.3) is 0 Å². The SMILES string of the molecule is Cc1ccc(Cl)cc1N/C=C1\CCCCCC1=O. The molecule has 1 aromatic carbocycles. The van der Waals surface area contributed by atoms with Gasteiger partial charge in [0, 0.05) is 28.9 Å². The average Bonchev–Trinajstić information content (AvgIpc) is 2.55. The van der Waals surface area contributed by atoms with Crippen molar-refractivity contribution in [1.29, 1.82) is 0 Å². The van der Waals surface area contributed by atoms with E-state index in [-0.39, 0.29) is 5.78 Å². The number of ketones is 1. The highest BCUT2D eigenvalue weighted by Gasteiger charge is 2.13. The van der Waals surface area contributed by atoms with E-state index in [2.05, 4.69) is 5.32 Å². The predicted octanol–water partition coefficient (Wildman–Crippen LogP) is 4.48. The molecule has 2 rings (SSSR count). The van der Waals surface area contributed by atoms with Gasteiger partial charge in [-0.3, -0.25) is 4.79 Å². The Bertz CT molecular complexity index is 479. The first-order valence-electron chi connectivity index (χ1n) is 6.42. The van der Waals surface area contributed by atoms with Crippen molar-refractivity contribution in [2.45, 2.75) is 39.0 Å². The van der Waals surface area contributed by atoms with E-state index in [1.54, 1.807) is 0 Å². The zero-order valence-corrected chi connectivity index (χ0v) is 11.4. The summed E-state index contributed by atoms with van der Waals surface area (Å²) in [6, 6.07) is 5.72. The van der Waals surface area contributed by atoms with Crippen LogP contribution in [-0.4, -0.2) is 5.78 Å². The summed E-state index contributed by atoms with van der Waals surface area (Å²) in [6.45, 7) is 2.02. The van der Waals surface area contributed by atoms with Gasteiger partial charge in [0.2, 0.25) is 0 Å². The number of hydrogen-bond donors (Lipinski definition) is 1. The number of nitrogens with one attached hydrogen (secondary N) is 1. The van der Waals surface area contributed by atoms with E-state index in [0.717, 1.165) is 42.5 Å². The van der Waals surface area contributed by atoms with Gasteiger partial charge >= 0.3 is 0 Å². The van der Waals surface area contributed by atoms with Gasteiger partial charge in [0.1, 0.15) is 0 Å². The molecule has 1 aliphatic carbocycles. The van der Waals surface area contributed by atoms with Gasteiger partial charge in [-0.25, -0.2) is 0 Å². The van der Waals surface area contributed by atoms with Crippen molar-refractivity contribution in [1.82, 2.24) is 0 Å². The molecule has 0 aromatic heterocycles. The van der Waals surface area contributed by atoms with Crippen LogP contribution in [0.3, 0.4) is 0 Å². The Hall–Kier alpha value is -1.28. The number of Topliss-reactive ketones (excluding diaryl/α,β-unsaturated/α-hetero) is 1. The first-order chi connectivity index (χ1) is 8.66. The van der Waals surface area contributed by atoms with Gasteiger partial charge in [-0.2, -0.15) is 0 Å². The standard InChI is InChI=1S/C15H18ClNO/c1-11-7-8-13(16)9-14(11)17-10-12-5-3-2-4-6-15(12)18/h7-10,17H,2-6H2,1H3/b12-10+. The fourth-order valence-electron chi connectivity index (χ4n) is 2.15. The van der Waals surface area contributed by atoms with E-state index in [1.807, 2.05) is 31.3 Å². The molecule has 0 atom stereocenters. The number of hydrogen-bond acceptors (Lipinski definition) is 2. The molecule has 1 aromatic rings. The molecule has 0 radical (unpaired) electrons. The van der Waals surface area contributed by atoms with Gasteiger partial charge < -0.3 is 5.32 Å². The highest BCUT2D eigenvalue weighted by atomic mass is 35.5. The maximum atomic E-state index is 11.9. The Morgan fingerprint density at radius 1 is 1.22 bits per heavy atom. The number of anilines is 1. The molecule has 1 N–H and O–H groups in total. The highest BCUT2D eigenvalue weighted by Crippen LogP contribution is 2.22. The van der Waals surface area contributed by atoms with E-state index >= 15 is 0 Å². The summed E-state index contributed by atoms with van der Waals surface area (Å²) in [6.07, 6.45) is 6.69. The van der Waals surface area contributed by atoms with Crippen LogP contribution in [0.5, 0.6) is 0 Å². The molecular weight excluding hydrogens is 246 g/mol. The quantitative estimate of drug-likeness (QED) is 0.630. The van der Waals surface area contributed by atoms with Crippen LogP contribution >= 0.6 is 11.6 Å². The lowest BCUT2D eigenvalue weighted by Gasteiger charge is -2.08. The first-order valence-corrected chi connectivity index (χ1v) is 6.79. The second kappa shape index (κ2) is 6.05. The molecule has 1 fully saturated rings. The molecule has 1 aliphatic rings. The molecule has 3 heteroatoms. The zero-order valence-electron chi connectivity index (χ0n) is 10.6. The third-order valence-electron chi connectivity index (χ3n) is 3.31. The smallest absolute Gasteiger partial charge is 0.160 e. The molecule has 0 amide bonds. The van der Waals surface area contributed by atoms with Gasteiger partial charge in [-0.15, -0.1) is 0 Å². The molecule has 0 spiro atoms. The van der Waals surface area contributed by atoms with Crippen molar-refractivity contribution in [3.8, 4) is 0 Å². The number of allylic oxidation sites excluding steroid dienone is 1. The number of halogens is 1. The van der Waals surface area contributed by atoms with Crippen LogP contribution in [0.15, 0.2) is 30.0 Å². The van der Waals surface area contributed by atoms with Crippen molar-refractivity contribution in [2.75, 3.05) is 5.32 Å². The second-order valence-electron chi connectivity index (χ2n) is 4.76. The number of aryl methyl sites for hydroxylation is 1. The summed E-state index contributed by atoms with van der Waals surface area (Å²) < 4.78 is 0.